The Balaban J connectivity index is 1.70. The first-order valence-electron chi connectivity index (χ1n) is 8.98. The third-order valence-electron chi connectivity index (χ3n) is 4.36. The molecule has 0 aromatic heterocycles. The zero-order chi connectivity index (χ0) is 20.6. The highest BCUT2D eigenvalue weighted by Crippen LogP contribution is 2.20. The summed E-state index contributed by atoms with van der Waals surface area (Å²) in [5.74, 6) is 0.230. The Morgan fingerprint density at radius 2 is 1.76 bits per heavy atom. The molecule has 0 spiro atoms. The highest BCUT2D eigenvalue weighted by atomic mass is 35.5. The number of halogens is 1. The van der Waals surface area contributed by atoms with Gasteiger partial charge in [-0.2, -0.15) is 5.26 Å². The Labute approximate surface area is 175 Å². The van der Waals surface area contributed by atoms with Gasteiger partial charge in [-0.15, -0.1) is 0 Å². The predicted octanol–water partition coefficient (Wildman–Crippen LogP) is 5.49. The van der Waals surface area contributed by atoms with Crippen LogP contribution in [0, 0.1) is 11.3 Å². The number of anilines is 1. The molecule has 29 heavy (non-hydrogen) atoms. The molecule has 5 heteroatoms. The van der Waals surface area contributed by atoms with Crippen molar-refractivity contribution in [2.24, 2.45) is 0 Å². The lowest BCUT2D eigenvalue weighted by molar-refractivity contribution is -0.112. The van der Waals surface area contributed by atoms with Crippen molar-refractivity contribution in [3.63, 3.8) is 0 Å². The minimum absolute atomic E-state index is 0.0275. The van der Waals surface area contributed by atoms with Crippen LogP contribution >= 0.6 is 11.6 Å². The van der Waals surface area contributed by atoms with Gasteiger partial charge in [-0.1, -0.05) is 54.1 Å². The maximum absolute atomic E-state index is 12.4. The average Bonchev–Trinajstić information content (AvgIpc) is 2.75. The lowest BCUT2D eigenvalue weighted by atomic mass is 10.0. The normalized spacial score (nSPS) is 10.9. The number of hydrogen-bond acceptors (Lipinski definition) is 3. The van der Waals surface area contributed by atoms with Gasteiger partial charge in [-0.25, -0.2) is 0 Å². The number of rotatable bonds is 6. The van der Waals surface area contributed by atoms with Crippen LogP contribution in [0.1, 0.15) is 16.7 Å². The molecule has 0 heterocycles. The Morgan fingerprint density at radius 1 is 1.07 bits per heavy atom. The number of nitriles is 1. The number of nitrogens with one attached hydrogen (secondary N) is 1. The van der Waals surface area contributed by atoms with Crippen molar-refractivity contribution in [1.29, 1.82) is 5.26 Å². The molecule has 0 saturated carbocycles. The molecule has 0 radical (unpaired) electrons. The van der Waals surface area contributed by atoms with E-state index in [0.29, 0.717) is 17.9 Å². The van der Waals surface area contributed by atoms with Gasteiger partial charge in [0.25, 0.3) is 5.91 Å². The van der Waals surface area contributed by atoms with Crippen molar-refractivity contribution in [3.05, 3.63) is 100 Å². The summed E-state index contributed by atoms with van der Waals surface area (Å²) in [6.07, 6.45) is 2.28. The van der Waals surface area contributed by atoms with Gasteiger partial charge in [0, 0.05) is 10.7 Å². The second-order valence-electron chi connectivity index (χ2n) is 6.36. The molecule has 4 nitrogen and oxygen atoms in total. The fourth-order valence-corrected chi connectivity index (χ4v) is 2.98. The van der Waals surface area contributed by atoms with Crippen molar-refractivity contribution in [1.82, 2.24) is 0 Å². The van der Waals surface area contributed by atoms with E-state index in [9.17, 15) is 10.1 Å². The van der Waals surface area contributed by atoms with Crippen LogP contribution in [0.2, 0.25) is 5.02 Å². The molecule has 0 saturated heterocycles. The molecule has 1 amide bonds. The highest BCUT2D eigenvalue weighted by molar-refractivity contribution is 6.31. The van der Waals surface area contributed by atoms with Gasteiger partial charge < -0.3 is 10.1 Å². The molecule has 0 unspecified atom stereocenters. The maximum atomic E-state index is 12.4. The van der Waals surface area contributed by atoms with Gasteiger partial charge in [0.15, 0.2) is 0 Å². The van der Waals surface area contributed by atoms with E-state index in [4.69, 9.17) is 16.3 Å². The lowest BCUT2D eigenvalue weighted by Gasteiger charge is -2.06. The zero-order valence-corrected chi connectivity index (χ0v) is 16.6. The van der Waals surface area contributed by atoms with E-state index in [1.54, 1.807) is 37.5 Å². The summed E-state index contributed by atoms with van der Waals surface area (Å²) in [4.78, 5) is 12.4. The SMILES string of the molecule is COc1ccc(NC(=O)/C(C#N)=C/c2ccc(Cc3ccccc3Cl)cc2)cc1. The molecule has 0 fully saturated rings. The van der Waals surface area contributed by atoms with Crippen LogP contribution in [0.5, 0.6) is 5.75 Å². The third kappa shape index (κ3) is 5.47. The fourth-order valence-electron chi connectivity index (χ4n) is 2.78. The Kier molecular flexibility index (Phi) is 6.67. The number of carbonyl (C=O) groups excluding carboxylic acids is 1. The highest BCUT2D eigenvalue weighted by Gasteiger charge is 2.10. The van der Waals surface area contributed by atoms with E-state index >= 15 is 0 Å². The summed E-state index contributed by atoms with van der Waals surface area (Å²) in [5.41, 5.74) is 3.53. The Bertz CT molecular complexity index is 1070. The third-order valence-corrected chi connectivity index (χ3v) is 4.72. The molecule has 3 rings (SSSR count). The van der Waals surface area contributed by atoms with E-state index in [1.165, 1.54) is 0 Å². The predicted molar refractivity (Wildman–Crippen MR) is 116 cm³/mol. The zero-order valence-electron chi connectivity index (χ0n) is 15.9. The van der Waals surface area contributed by atoms with Crippen LogP contribution in [0.3, 0.4) is 0 Å². The number of carbonyl (C=O) groups is 1. The molecule has 0 bridgehead atoms. The van der Waals surface area contributed by atoms with Gasteiger partial charge in [0.1, 0.15) is 17.4 Å². The van der Waals surface area contributed by atoms with Crippen molar-refractivity contribution >= 4 is 29.3 Å². The molecule has 3 aromatic rings. The first-order chi connectivity index (χ1) is 14.1. The number of amides is 1. The molecule has 144 valence electrons. The summed E-state index contributed by atoms with van der Waals surface area (Å²) < 4.78 is 5.09. The van der Waals surface area contributed by atoms with Crippen LogP contribution in [0.15, 0.2) is 78.4 Å². The number of ether oxygens (including phenoxy) is 1. The first kappa shape index (κ1) is 20.2. The Morgan fingerprint density at radius 3 is 2.38 bits per heavy atom. The number of nitrogens with zero attached hydrogens (tertiary/aromatic N) is 1. The molecular weight excluding hydrogens is 384 g/mol. The van der Waals surface area contributed by atoms with Crippen molar-refractivity contribution in [2.45, 2.75) is 6.42 Å². The topological polar surface area (TPSA) is 62.1 Å². The van der Waals surface area contributed by atoms with Gasteiger partial charge in [-0.05, 0) is 59.5 Å². The second-order valence-corrected chi connectivity index (χ2v) is 6.77. The van der Waals surface area contributed by atoms with Gasteiger partial charge in [0.05, 0.1) is 7.11 Å². The fraction of sp³-hybridized carbons (Fsp3) is 0.0833. The number of methoxy groups -OCH3 is 1. The van der Waals surface area contributed by atoms with Crippen molar-refractivity contribution in [2.75, 3.05) is 12.4 Å². The van der Waals surface area contributed by atoms with E-state index < -0.39 is 5.91 Å². The van der Waals surface area contributed by atoms with E-state index in [1.807, 2.05) is 54.6 Å². The van der Waals surface area contributed by atoms with Crippen molar-refractivity contribution < 1.29 is 9.53 Å². The quantitative estimate of drug-likeness (QED) is 0.438. The first-order valence-corrected chi connectivity index (χ1v) is 9.36. The molecule has 0 aliphatic carbocycles. The molecule has 0 aliphatic rings. The average molecular weight is 403 g/mol. The minimum Gasteiger partial charge on any atom is -0.497 e. The molecular formula is C24H19ClN2O2. The summed E-state index contributed by atoms with van der Waals surface area (Å²) in [5, 5.41) is 12.8. The van der Waals surface area contributed by atoms with Crippen LogP contribution in [0.4, 0.5) is 5.69 Å². The molecule has 0 aliphatic heterocycles. The van der Waals surface area contributed by atoms with E-state index in [2.05, 4.69) is 5.32 Å². The minimum atomic E-state index is -0.460. The van der Waals surface area contributed by atoms with Gasteiger partial charge in [0.2, 0.25) is 0 Å². The van der Waals surface area contributed by atoms with Crippen LogP contribution in [-0.2, 0) is 11.2 Å². The van der Waals surface area contributed by atoms with Crippen LogP contribution < -0.4 is 10.1 Å². The molecule has 3 aromatic carbocycles. The van der Waals surface area contributed by atoms with Gasteiger partial charge >= 0.3 is 0 Å². The maximum Gasteiger partial charge on any atom is 0.266 e. The standard InChI is InChI=1S/C24H19ClN2O2/c1-29-22-12-10-21(11-13-22)27-24(28)20(16-26)15-18-8-6-17(7-9-18)14-19-4-2-3-5-23(19)25/h2-13,15H,14H2,1H3,(H,27,28)/b20-15+. The van der Waals surface area contributed by atoms with E-state index in [0.717, 1.165) is 21.7 Å². The van der Waals surface area contributed by atoms with Gasteiger partial charge in [-0.3, -0.25) is 4.79 Å². The summed E-state index contributed by atoms with van der Waals surface area (Å²) in [6, 6.07) is 24.3. The Hall–Kier alpha value is -3.55. The summed E-state index contributed by atoms with van der Waals surface area (Å²) in [7, 11) is 1.57. The van der Waals surface area contributed by atoms with E-state index in [-0.39, 0.29) is 5.57 Å². The van der Waals surface area contributed by atoms with Crippen LogP contribution in [0.25, 0.3) is 6.08 Å². The van der Waals surface area contributed by atoms with Crippen molar-refractivity contribution in [3.8, 4) is 11.8 Å². The molecule has 1 N–H and O–H groups in total. The molecule has 0 atom stereocenters. The second kappa shape index (κ2) is 9.59. The monoisotopic (exact) mass is 402 g/mol. The summed E-state index contributed by atoms with van der Waals surface area (Å²) >= 11 is 6.21. The number of hydrogen-bond donors (Lipinski definition) is 1. The smallest absolute Gasteiger partial charge is 0.266 e. The number of benzene rings is 3. The largest absolute Gasteiger partial charge is 0.497 e. The summed E-state index contributed by atoms with van der Waals surface area (Å²) in [6.45, 7) is 0. The lowest BCUT2D eigenvalue weighted by Crippen LogP contribution is -2.13. The van der Waals surface area contributed by atoms with Crippen LogP contribution in [-0.4, -0.2) is 13.0 Å².